The average Bonchev–Trinajstić information content (AvgIpc) is 3.19. The monoisotopic (exact) mass is 420 g/mol. The van der Waals surface area contributed by atoms with Gasteiger partial charge in [-0.1, -0.05) is 18.2 Å². The van der Waals surface area contributed by atoms with Gasteiger partial charge in [0.2, 0.25) is 0 Å². The second-order valence-corrected chi connectivity index (χ2v) is 7.31. The van der Waals surface area contributed by atoms with Crippen LogP contribution in [0.25, 0.3) is 20.8 Å². The number of nitrogens with zero attached hydrogens (tertiary/aromatic N) is 2. The van der Waals surface area contributed by atoms with Crippen LogP contribution in [0.2, 0.25) is 0 Å². The second kappa shape index (κ2) is 8.30. The number of para-hydroxylation sites is 1. The van der Waals surface area contributed by atoms with Crippen LogP contribution in [0.1, 0.15) is 17.3 Å². The maximum absolute atomic E-state index is 12.5. The highest BCUT2D eigenvalue weighted by Crippen LogP contribution is 2.36. The molecule has 0 radical (unpaired) electrons. The second-order valence-electron chi connectivity index (χ2n) is 6.28. The van der Waals surface area contributed by atoms with Crippen molar-refractivity contribution in [3.63, 3.8) is 0 Å². The van der Waals surface area contributed by atoms with E-state index in [1.807, 2.05) is 31.2 Å². The number of nitro groups is 1. The van der Waals surface area contributed by atoms with Gasteiger partial charge in [-0.3, -0.25) is 10.1 Å². The van der Waals surface area contributed by atoms with E-state index in [2.05, 4.69) is 4.98 Å². The van der Waals surface area contributed by atoms with Crippen molar-refractivity contribution >= 4 is 33.2 Å². The van der Waals surface area contributed by atoms with E-state index in [1.54, 1.807) is 29.5 Å². The number of carbonyl (C=O) groups excluding carboxylic acids is 1. The zero-order valence-corrected chi connectivity index (χ0v) is 16.7. The Morgan fingerprint density at radius 1 is 1.07 bits per heavy atom. The van der Waals surface area contributed by atoms with E-state index in [9.17, 15) is 14.9 Å². The zero-order chi connectivity index (χ0) is 21.1. The summed E-state index contributed by atoms with van der Waals surface area (Å²) in [6, 6.07) is 18.5. The number of esters is 1. The number of ether oxygens (including phenoxy) is 2. The third-order valence-corrected chi connectivity index (χ3v) is 5.37. The van der Waals surface area contributed by atoms with Gasteiger partial charge in [-0.05, 0) is 43.3 Å². The van der Waals surface area contributed by atoms with E-state index < -0.39 is 10.9 Å². The number of thiazole rings is 1. The number of benzene rings is 3. The molecule has 0 atom stereocenters. The van der Waals surface area contributed by atoms with Crippen LogP contribution >= 0.6 is 11.3 Å². The fourth-order valence-electron chi connectivity index (χ4n) is 2.89. The van der Waals surface area contributed by atoms with E-state index in [4.69, 9.17) is 9.47 Å². The van der Waals surface area contributed by atoms with Gasteiger partial charge in [0.05, 0.1) is 27.3 Å². The summed E-state index contributed by atoms with van der Waals surface area (Å²) in [6.45, 7) is 2.21. The first-order valence-corrected chi connectivity index (χ1v) is 9.96. The first-order valence-electron chi connectivity index (χ1n) is 9.14. The SMILES string of the molecule is CCOc1cc(-c2nc3ccccc3s2)ccc1OC(=O)c1cccc([N+](=O)[O-])c1. The third kappa shape index (κ3) is 3.99. The summed E-state index contributed by atoms with van der Waals surface area (Å²) in [5.41, 5.74) is 1.66. The standard InChI is InChI=1S/C22H16N2O5S/c1-2-28-19-13-14(21-23-17-8-3-4-9-20(17)30-21)10-11-18(19)29-22(25)15-6-5-7-16(12-15)24(26)27/h3-13H,2H2,1H3. The predicted molar refractivity (Wildman–Crippen MR) is 114 cm³/mol. The molecule has 3 aromatic carbocycles. The van der Waals surface area contributed by atoms with Crippen molar-refractivity contribution < 1.29 is 19.2 Å². The highest BCUT2D eigenvalue weighted by molar-refractivity contribution is 7.21. The molecule has 0 spiro atoms. The van der Waals surface area contributed by atoms with Gasteiger partial charge in [0.15, 0.2) is 11.5 Å². The van der Waals surface area contributed by atoms with Crippen molar-refractivity contribution in [2.45, 2.75) is 6.92 Å². The van der Waals surface area contributed by atoms with E-state index >= 15 is 0 Å². The molecule has 0 bridgehead atoms. The lowest BCUT2D eigenvalue weighted by atomic mass is 10.2. The molecule has 0 aliphatic heterocycles. The van der Waals surface area contributed by atoms with Crippen molar-refractivity contribution in [2.75, 3.05) is 6.61 Å². The molecule has 4 rings (SSSR count). The molecule has 7 nitrogen and oxygen atoms in total. The van der Waals surface area contributed by atoms with Crippen LogP contribution in [0.4, 0.5) is 5.69 Å². The molecule has 0 aliphatic carbocycles. The Morgan fingerprint density at radius 3 is 2.67 bits per heavy atom. The summed E-state index contributed by atoms with van der Waals surface area (Å²) in [4.78, 5) is 27.5. The minimum Gasteiger partial charge on any atom is -0.490 e. The van der Waals surface area contributed by atoms with Crippen LogP contribution < -0.4 is 9.47 Å². The summed E-state index contributed by atoms with van der Waals surface area (Å²) < 4.78 is 12.2. The maximum Gasteiger partial charge on any atom is 0.343 e. The predicted octanol–water partition coefficient (Wildman–Crippen LogP) is 5.49. The summed E-state index contributed by atoms with van der Waals surface area (Å²) >= 11 is 1.56. The lowest BCUT2D eigenvalue weighted by Crippen LogP contribution is -2.10. The Kier molecular flexibility index (Phi) is 5.40. The molecule has 0 aliphatic rings. The van der Waals surface area contributed by atoms with Gasteiger partial charge < -0.3 is 9.47 Å². The van der Waals surface area contributed by atoms with Gasteiger partial charge in [-0.15, -0.1) is 11.3 Å². The van der Waals surface area contributed by atoms with E-state index in [1.165, 1.54) is 24.3 Å². The minimum absolute atomic E-state index is 0.0851. The van der Waals surface area contributed by atoms with Crippen LogP contribution in [0.3, 0.4) is 0 Å². The Labute approximate surface area is 175 Å². The highest BCUT2D eigenvalue weighted by atomic mass is 32.1. The lowest BCUT2D eigenvalue weighted by Gasteiger charge is -2.11. The molecule has 0 amide bonds. The number of fused-ring (bicyclic) bond motifs is 1. The third-order valence-electron chi connectivity index (χ3n) is 4.28. The van der Waals surface area contributed by atoms with Gasteiger partial charge in [0.25, 0.3) is 5.69 Å². The van der Waals surface area contributed by atoms with Gasteiger partial charge in [-0.25, -0.2) is 9.78 Å². The molecule has 1 aromatic heterocycles. The Bertz CT molecular complexity index is 1220. The number of nitro benzene ring substituents is 1. The molecular formula is C22H16N2O5S. The van der Waals surface area contributed by atoms with Crippen LogP contribution in [-0.2, 0) is 0 Å². The fraction of sp³-hybridized carbons (Fsp3) is 0.0909. The summed E-state index contributed by atoms with van der Waals surface area (Å²) in [6.07, 6.45) is 0. The van der Waals surface area contributed by atoms with Gasteiger partial charge in [0, 0.05) is 17.7 Å². The molecule has 0 saturated carbocycles. The summed E-state index contributed by atoms with van der Waals surface area (Å²) in [5.74, 6) is -0.0707. The van der Waals surface area contributed by atoms with E-state index in [0.717, 1.165) is 20.8 Å². The Morgan fingerprint density at radius 2 is 1.90 bits per heavy atom. The van der Waals surface area contributed by atoms with Gasteiger partial charge in [-0.2, -0.15) is 0 Å². The molecule has 0 fully saturated rings. The highest BCUT2D eigenvalue weighted by Gasteiger charge is 2.17. The van der Waals surface area contributed by atoms with Crippen molar-refractivity contribution in [3.8, 4) is 22.1 Å². The Balaban J connectivity index is 1.64. The van der Waals surface area contributed by atoms with Crippen molar-refractivity contribution in [3.05, 3.63) is 82.4 Å². The number of rotatable bonds is 6. The minimum atomic E-state index is -0.701. The molecule has 0 saturated heterocycles. The molecular weight excluding hydrogens is 404 g/mol. The first kappa shape index (κ1) is 19.5. The number of non-ortho nitro benzene ring substituents is 1. The molecule has 0 N–H and O–H groups in total. The number of hydrogen-bond acceptors (Lipinski definition) is 7. The largest absolute Gasteiger partial charge is 0.490 e. The number of aromatic nitrogens is 1. The molecule has 4 aromatic rings. The summed E-state index contributed by atoms with van der Waals surface area (Å²) in [7, 11) is 0. The van der Waals surface area contributed by atoms with E-state index in [0.29, 0.717) is 12.4 Å². The number of hydrogen-bond donors (Lipinski definition) is 0. The van der Waals surface area contributed by atoms with Crippen molar-refractivity contribution in [2.24, 2.45) is 0 Å². The van der Waals surface area contributed by atoms with Crippen molar-refractivity contribution in [1.29, 1.82) is 0 Å². The fourth-order valence-corrected chi connectivity index (χ4v) is 3.86. The molecule has 0 unspecified atom stereocenters. The normalized spacial score (nSPS) is 10.7. The van der Waals surface area contributed by atoms with E-state index in [-0.39, 0.29) is 17.0 Å². The average molecular weight is 420 g/mol. The maximum atomic E-state index is 12.5. The smallest absolute Gasteiger partial charge is 0.343 e. The number of carbonyl (C=O) groups is 1. The lowest BCUT2D eigenvalue weighted by molar-refractivity contribution is -0.384. The van der Waals surface area contributed by atoms with Crippen LogP contribution in [0.5, 0.6) is 11.5 Å². The molecule has 8 heteroatoms. The molecule has 150 valence electrons. The summed E-state index contributed by atoms with van der Waals surface area (Å²) in [5, 5.41) is 11.8. The van der Waals surface area contributed by atoms with Crippen LogP contribution in [0, 0.1) is 10.1 Å². The first-order chi connectivity index (χ1) is 14.5. The molecule has 1 heterocycles. The van der Waals surface area contributed by atoms with Crippen LogP contribution in [0.15, 0.2) is 66.7 Å². The van der Waals surface area contributed by atoms with Crippen molar-refractivity contribution in [1.82, 2.24) is 4.98 Å². The van der Waals surface area contributed by atoms with Crippen LogP contribution in [-0.4, -0.2) is 22.5 Å². The molecule has 30 heavy (non-hydrogen) atoms. The zero-order valence-electron chi connectivity index (χ0n) is 15.9. The van der Waals surface area contributed by atoms with Gasteiger partial charge >= 0.3 is 5.97 Å². The topological polar surface area (TPSA) is 91.6 Å². The quantitative estimate of drug-likeness (QED) is 0.177. The Hall–Kier alpha value is -3.78. The van der Waals surface area contributed by atoms with Gasteiger partial charge in [0.1, 0.15) is 5.01 Å².